The Morgan fingerprint density at radius 2 is 1.85 bits per heavy atom. The maximum Gasteiger partial charge on any atom is 0.270 e. The molecule has 26 heavy (non-hydrogen) atoms. The number of hydrogen-bond donors (Lipinski definition) is 1. The zero-order chi connectivity index (χ0) is 18.1. The molecule has 0 aliphatic carbocycles. The van der Waals surface area contributed by atoms with Crippen LogP contribution in [0.15, 0.2) is 63.2 Å². The molecule has 0 atom stereocenters. The fourth-order valence-electron chi connectivity index (χ4n) is 2.72. The van der Waals surface area contributed by atoms with Crippen molar-refractivity contribution in [2.45, 2.75) is 5.16 Å². The fourth-order valence-corrected chi connectivity index (χ4v) is 3.10. The van der Waals surface area contributed by atoms with E-state index in [1.807, 2.05) is 54.8 Å². The van der Waals surface area contributed by atoms with Crippen molar-refractivity contribution >= 4 is 22.9 Å². The lowest BCUT2D eigenvalue weighted by Gasteiger charge is -2.07. The molecule has 0 unspecified atom stereocenters. The maximum atomic E-state index is 12.1. The third-order valence-electron chi connectivity index (χ3n) is 4.02. The van der Waals surface area contributed by atoms with E-state index in [1.54, 1.807) is 0 Å². The van der Waals surface area contributed by atoms with Gasteiger partial charge in [-0.1, -0.05) is 42.1 Å². The lowest BCUT2D eigenvalue weighted by Crippen LogP contribution is -2.14. The highest BCUT2D eigenvalue weighted by Crippen LogP contribution is 2.27. The third kappa shape index (κ3) is 2.76. The van der Waals surface area contributed by atoms with Crippen LogP contribution in [0.3, 0.4) is 0 Å². The first-order chi connectivity index (χ1) is 12.7. The van der Waals surface area contributed by atoms with Crippen LogP contribution < -0.4 is 5.56 Å². The summed E-state index contributed by atoms with van der Waals surface area (Å²) in [6.07, 6.45) is 3.24. The molecule has 0 aliphatic heterocycles. The molecular formula is C19H12N4O2S. The van der Waals surface area contributed by atoms with Crippen LogP contribution in [-0.4, -0.2) is 21.2 Å². The number of aromatic amines is 1. The first-order valence-electron chi connectivity index (χ1n) is 7.72. The average Bonchev–Trinajstić information content (AvgIpc) is 3.15. The Labute approximate surface area is 152 Å². The molecule has 2 heterocycles. The predicted octanol–water partition coefficient (Wildman–Crippen LogP) is 3.84. The summed E-state index contributed by atoms with van der Waals surface area (Å²) in [6, 6.07) is 15.3. The van der Waals surface area contributed by atoms with Crippen LogP contribution in [0.4, 0.5) is 0 Å². The summed E-state index contributed by atoms with van der Waals surface area (Å²) in [5.41, 5.74) is 4.21. The Kier molecular flexibility index (Phi) is 4.03. The van der Waals surface area contributed by atoms with Crippen molar-refractivity contribution in [3.05, 3.63) is 64.8 Å². The minimum atomic E-state index is -0.428. The molecule has 1 N–H and O–H groups in total. The number of rotatable bonds is 3. The highest BCUT2D eigenvalue weighted by Gasteiger charge is 2.13. The number of nitrogens with one attached hydrogen (secondary N) is 1. The van der Waals surface area contributed by atoms with E-state index >= 15 is 0 Å². The average molecular weight is 360 g/mol. The Balaban J connectivity index is 1.78. The summed E-state index contributed by atoms with van der Waals surface area (Å²) >= 11 is 1.32. The molecule has 0 saturated heterocycles. The van der Waals surface area contributed by atoms with Crippen LogP contribution in [-0.2, 0) is 0 Å². The lowest BCUT2D eigenvalue weighted by atomic mass is 10.0. The van der Waals surface area contributed by atoms with Gasteiger partial charge in [-0.2, -0.15) is 5.26 Å². The van der Waals surface area contributed by atoms with Gasteiger partial charge in [-0.3, -0.25) is 4.79 Å². The van der Waals surface area contributed by atoms with Gasteiger partial charge in [0, 0.05) is 5.56 Å². The van der Waals surface area contributed by atoms with E-state index in [9.17, 15) is 10.1 Å². The van der Waals surface area contributed by atoms with E-state index in [-0.39, 0.29) is 5.56 Å². The van der Waals surface area contributed by atoms with Gasteiger partial charge in [0.25, 0.3) is 5.56 Å². The Morgan fingerprint density at radius 3 is 2.58 bits per heavy atom. The Morgan fingerprint density at radius 1 is 1.12 bits per heavy atom. The van der Waals surface area contributed by atoms with Gasteiger partial charge in [0.15, 0.2) is 17.1 Å². The molecule has 0 radical (unpaired) electrons. The van der Waals surface area contributed by atoms with Crippen molar-refractivity contribution < 1.29 is 4.42 Å². The van der Waals surface area contributed by atoms with Crippen LogP contribution in [0, 0.1) is 11.3 Å². The monoisotopic (exact) mass is 360 g/mol. The van der Waals surface area contributed by atoms with Gasteiger partial charge >= 0.3 is 0 Å². The highest BCUT2D eigenvalue weighted by molar-refractivity contribution is 7.98. The minimum absolute atomic E-state index is 0.0135. The number of aromatic nitrogens is 3. The second-order valence-corrected chi connectivity index (χ2v) is 6.32. The van der Waals surface area contributed by atoms with Crippen molar-refractivity contribution in [2.24, 2.45) is 0 Å². The number of nitrogens with zero attached hydrogens (tertiary/aromatic N) is 3. The van der Waals surface area contributed by atoms with Gasteiger partial charge in [-0.05, 0) is 29.5 Å². The number of hydrogen-bond acceptors (Lipinski definition) is 6. The molecule has 2 aromatic carbocycles. The first kappa shape index (κ1) is 16.1. The summed E-state index contributed by atoms with van der Waals surface area (Å²) < 4.78 is 5.26. The van der Waals surface area contributed by atoms with Crippen LogP contribution in [0.1, 0.15) is 5.56 Å². The zero-order valence-electron chi connectivity index (χ0n) is 13.7. The Hall–Kier alpha value is -3.37. The largest absolute Gasteiger partial charge is 0.443 e. The first-order valence-corrected chi connectivity index (χ1v) is 8.94. The van der Waals surface area contributed by atoms with E-state index in [0.29, 0.717) is 16.4 Å². The zero-order valence-corrected chi connectivity index (χ0v) is 14.5. The smallest absolute Gasteiger partial charge is 0.270 e. The van der Waals surface area contributed by atoms with E-state index in [0.717, 1.165) is 22.2 Å². The lowest BCUT2D eigenvalue weighted by molar-refractivity contribution is 0.602. The molecule has 2 aromatic heterocycles. The topological polar surface area (TPSA) is 95.6 Å². The second kappa shape index (κ2) is 6.50. The van der Waals surface area contributed by atoms with Crippen molar-refractivity contribution in [2.75, 3.05) is 6.26 Å². The third-order valence-corrected chi connectivity index (χ3v) is 4.60. The van der Waals surface area contributed by atoms with Gasteiger partial charge in [-0.25, -0.2) is 9.97 Å². The van der Waals surface area contributed by atoms with E-state index in [4.69, 9.17) is 4.42 Å². The number of fused-ring (bicyclic) bond motifs is 1. The van der Waals surface area contributed by atoms with Crippen molar-refractivity contribution in [3.8, 4) is 28.5 Å². The second-order valence-electron chi connectivity index (χ2n) is 5.52. The molecule has 0 aliphatic rings. The molecular weight excluding hydrogens is 348 g/mol. The van der Waals surface area contributed by atoms with Crippen molar-refractivity contribution in [1.29, 1.82) is 5.26 Å². The van der Waals surface area contributed by atoms with Crippen LogP contribution in [0.25, 0.3) is 33.5 Å². The van der Waals surface area contributed by atoms with Gasteiger partial charge < -0.3 is 9.40 Å². The van der Waals surface area contributed by atoms with Gasteiger partial charge in [-0.15, -0.1) is 0 Å². The molecule has 4 aromatic rings. The SMILES string of the molecule is CSc1nc(-c2ccc(-c3ccc4ocnc4c3)cc2)c(C#N)c(=O)[nH]1. The number of thioether (sulfide) groups is 1. The summed E-state index contributed by atoms with van der Waals surface area (Å²) in [5.74, 6) is 0. The maximum absolute atomic E-state index is 12.1. The molecule has 7 heteroatoms. The minimum Gasteiger partial charge on any atom is -0.443 e. The number of nitriles is 1. The standard InChI is InChI=1S/C19H12N4O2S/c1-26-19-22-17(14(9-20)18(24)23-19)12-4-2-11(3-5-12)13-6-7-16-15(8-13)21-10-25-16/h2-8,10H,1H3,(H,22,23,24). The number of H-pyrrole nitrogens is 1. The summed E-state index contributed by atoms with van der Waals surface area (Å²) in [7, 11) is 0. The molecule has 0 fully saturated rings. The number of benzene rings is 2. The van der Waals surface area contributed by atoms with Gasteiger partial charge in [0.1, 0.15) is 17.1 Å². The van der Waals surface area contributed by atoms with Crippen molar-refractivity contribution in [1.82, 2.24) is 15.0 Å². The highest BCUT2D eigenvalue weighted by atomic mass is 32.2. The normalized spacial score (nSPS) is 10.8. The van der Waals surface area contributed by atoms with E-state index in [2.05, 4.69) is 15.0 Å². The summed E-state index contributed by atoms with van der Waals surface area (Å²) in [6.45, 7) is 0. The molecule has 0 bridgehead atoms. The van der Waals surface area contributed by atoms with Gasteiger partial charge in [0.05, 0.1) is 5.69 Å². The van der Waals surface area contributed by atoms with Crippen LogP contribution in [0.2, 0.25) is 0 Å². The van der Waals surface area contributed by atoms with Crippen LogP contribution in [0.5, 0.6) is 0 Å². The van der Waals surface area contributed by atoms with Crippen LogP contribution >= 0.6 is 11.8 Å². The number of oxazole rings is 1. The quantitative estimate of drug-likeness (QED) is 0.440. The fraction of sp³-hybridized carbons (Fsp3) is 0.0526. The molecule has 126 valence electrons. The van der Waals surface area contributed by atoms with E-state index < -0.39 is 5.56 Å². The van der Waals surface area contributed by atoms with Gasteiger partial charge in [0.2, 0.25) is 0 Å². The molecule has 0 spiro atoms. The molecule has 4 rings (SSSR count). The summed E-state index contributed by atoms with van der Waals surface area (Å²) in [4.78, 5) is 23.2. The molecule has 0 saturated carbocycles. The molecule has 0 amide bonds. The van der Waals surface area contributed by atoms with Crippen molar-refractivity contribution in [3.63, 3.8) is 0 Å². The predicted molar refractivity (Wildman–Crippen MR) is 99.8 cm³/mol. The Bertz CT molecular complexity index is 1200. The summed E-state index contributed by atoms with van der Waals surface area (Å²) in [5, 5.41) is 9.78. The van der Waals surface area contributed by atoms with E-state index in [1.165, 1.54) is 18.2 Å². The molecule has 6 nitrogen and oxygen atoms in total.